The normalized spacial score (nSPS) is 13.8. The highest BCUT2D eigenvalue weighted by Crippen LogP contribution is 2.31. The van der Waals surface area contributed by atoms with Crippen molar-refractivity contribution in [2.24, 2.45) is 4.99 Å². The molecule has 2 aromatic carbocycles. The summed E-state index contributed by atoms with van der Waals surface area (Å²) in [7, 11) is 0. The number of aliphatic hydroxyl groups is 1. The number of aliphatic imine (C=N–C) groups is 1. The molecule has 0 bridgehead atoms. The number of aliphatic hydroxyl groups excluding tert-OH is 1. The van der Waals surface area contributed by atoms with Crippen LogP contribution >= 0.6 is 11.3 Å². The summed E-state index contributed by atoms with van der Waals surface area (Å²) >= 11 is 1.39. The molecule has 1 aliphatic carbocycles. The number of nitrogens with zero attached hydrogens (tertiary/aromatic N) is 2. The molecule has 0 atom stereocenters. The molecule has 0 amide bonds. The van der Waals surface area contributed by atoms with Crippen LogP contribution in [-0.2, 0) is 0 Å². The van der Waals surface area contributed by atoms with Gasteiger partial charge in [0.15, 0.2) is 5.78 Å². The average Bonchev–Trinajstić information content (AvgIpc) is 3.19. The van der Waals surface area contributed by atoms with E-state index in [0.29, 0.717) is 16.3 Å². The number of carbonyl (C=O) groups is 1. The maximum atomic E-state index is 12.3. The predicted octanol–water partition coefficient (Wildman–Crippen LogP) is 4.68. The standard InChI is InChI=1S/C19H12N2O2S/c22-17-13-8-4-5-9-14(13)18(23)15(17)10-20-19-21-16(11-24-19)12-6-2-1-3-7-12/h1-11,22H/b20-10+. The molecule has 0 fully saturated rings. The lowest BCUT2D eigenvalue weighted by atomic mass is 10.1. The van der Waals surface area contributed by atoms with Crippen molar-refractivity contribution in [1.82, 2.24) is 4.98 Å². The Morgan fingerprint density at radius 3 is 2.46 bits per heavy atom. The Hall–Kier alpha value is -3.05. The lowest BCUT2D eigenvalue weighted by molar-refractivity contribution is 0.104. The molecule has 0 saturated heterocycles. The second kappa shape index (κ2) is 5.86. The van der Waals surface area contributed by atoms with E-state index in [1.165, 1.54) is 17.6 Å². The molecule has 5 heteroatoms. The van der Waals surface area contributed by atoms with Gasteiger partial charge in [-0.2, -0.15) is 0 Å². The first kappa shape index (κ1) is 14.5. The number of fused-ring (bicyclic) bond motifs is 1. The van der Waals surface area contributed by atoms with E-state index in [0.717, 1.165) is 11.3 Å². The van der Waals surface area contributed by atoms with Gasteiger partial charge in [-0.25, -0.2) is 9.98 Å². The third-order valence-electron chi connectivity index (χ3n) is 3.79. The number of thiazole rings is 1. The smallest absolute Gasteiger partial charge is 0.209 e. The zero-order chi connectivity index (χ0) is 16.5. The summed E-state index contributed by atoms with van der Waals surface area (Å²) in [5, 5.41) is 12.7. The van der Waals surface area contributed by atoms with Crippen LogP contribution in [0.15, 0.2) is 70.5 Å². The van der Waals surface area contributed by atoms with Crippen LogP contribution in [-0.4, -0.2) is 22.1 Å². The topological polar surface area (TPSA) is 62.5 Å². The quantitative estimate of drug-likeness (QED) is 0.708. The van der Waals surface area contributed by atoms with Gasteiger partial charge < -0.3 is 5.11 Å². The number of allylic oxidation sites excluding steroid dienone is 1. The van der Waals surface area contributed by atoms with Gasteiger partial charge in [0, 0.05) is 28.3 Å². The molecule has 3 aromatic rings. The van der Waals surface area contributed by atoms with Crippen LogP contribution in [0.2, 0.25) is 0 Å². The molecule has 4 rings (SSSR count). The van der Waals surface area contributed by atoms with Crippen LogP contribution in [0, 0.1) is 0 Å². The molecule has 1 aromatic heterocycles. The van der Waals surface area contributed by atoms with Gasteiger partial charge >= 0.3 is 0 Å². The molecule has 0 radical (unpaired) electrons. The molecule has 0 spiro atoms. The Kier molecular flexibility index (Phi) is 3.55. The number of Topliss-reactive ketones (excluding diaryl/α,β-unsaturated/α-hetero) is 1. The number of aromatic nitrogens is 1. The van der Waals surface area contributed by atoms with Crippen molar-refractivity contribution < 1.29 is 9.90 Å². The van der Waals surface area contributed by atoms with E-state index < -0.39 is 0 Å². The van der Waals surface area contributed by atoms with Crippen LogP contribution in [0.5, 0.6) is 0 Å². The first-order valence-electron chi connectivity index (χ1n) is 7.36. The number of hydrogen-bond donors (Lipinski definition) is 1. The highest BCUT2D eigenvalue weighted by molar-refractivity contribution is 7.13. The largest absolute Gasteiger partial charge is 0.506 e. The van der Waals surface area contributed by atoms with Gasteiger partial charge in [0.05, 0.1) is 11.3 Å². The summed E-state index contributed by atoms with van der Waals surface area (Å²) < 4.78 is 0. The van der Waals surface area contributed by atoms with E-state index in [1.54, 1.807) is 24.3 Å². The van der Waals surface area contributed by atoms with Crippen molar-refractivity contribution in [2.45, 2.75) is 0 Å². The maximum absolute atomic E-state index is 12.3. The minimum Gasteiger partial charge on any atom is -0.506 e. The molecule has 0 aliphatic heterocycles. The number of hydrogen-bond acceptors (Lipinski definition) is 5. The van der Waals surface area contributed by atoms with Gasteiger partial charge in [0.1, 0.15) is 5.76 Å². The zero-order valence-electron chi connectivity index (χ0n) is 12.5. The second-order valence-corrected chi connectivity index (χ2v) is 6.11. The molecular weight excluding hydrogens is 320 g/mol. The van der Waals surface area contributed by atoms with E-state index in [4.69, 9.17) is 0 Å². The summed E-state index contributed by atoms with van der Waals surface area (Å²) in [4.78, 5) is 21.0. The fourth-order valence-electron chi connectivity index (χ4n) is 2.59. The number of rotatable bonds is 3. The van der Waals surface area contributed by atoms with Gasteiger partial charge in [-0.05, 0) is 0 Å². The minimum absolute atomic E-state index is 0.0285. The number of carbonyl (C=O) groups excluding carboxylic acids is 1. The van der Waals surface area contributed by atoms with Crippen molar-refractivity contribution in [3.8, 4) is 11.3 Å². The van der Waals surface area contributed by atoms with Gasteiger partial charge in [-0.15, -0.1) is 11.3 Å². The molecule has 1 heterocycles. The van der Waals surface area contributed by atoms with Crippen molar-refractivity contribution >= 4 is 34.2 Å². The predicted molar refractivity (Wildman–Crippen MR) is 96.0 cm³/mol. The number of benzene rings is 2. The van der Waals surface area contributed by atoms with Crippen LogP contribution in [0.25, 0.3) is 17.0 Å². The highest BCUT2D eigenvalue weighted by atomic mass is 32.1. The van der Waals surface area contributed by atoms with E-state index in [1.807, 2.05) is 35.7 Å². The molecule has 0 saturated carbocycles. The molecular formula is C19H12N2O2S. The minimum atomic E-state index is -0.216. The summed E-state index contributed by atoms with van der Waals surface area (Å²) in [6, 6.07) is 16.8. The molecule has 4 nitrogen and oxygen atoms in total. The second-order valence-electron chi connectivity index (χ2n) is 5.28. The maximum Gasteiger partial charge on any atom is 0.209 e. The van der Waals surface area contributed by atoms with Gasteiger partial charge in [0.25, 0.3) is 0 Å². The Labute approximate surface area is 142 Å². The Morgan fingerprint density at radius 2 is 1.71 bits per heavy atom. The summed E-state index contributed by atoms with van der Waals surface area (Å²) in [6.07, 6.45) is 1.39. The van der Waals surface area contributed by atoms with E-state index >= 15 is 0 Å². The Bertz CT molecular complexity index is 987. The van der Waals surface area contributed by atoms with Crippen molar-refractivity contribution in [3.05, 3.63) is 76.7 Å². The van der Waals surface area contributed by atoms with Crippen LogP contribution in [0.1, 0.15) is 15.9 Å². The van der Waals surface area contributed by atoms with Gasteiger partial charge in [-0.3, -0.25) is 4.79 Å². The van der Waals surface area contributed by atoms with E-state index in [9.17, 15) is 9.90 Å². The van der Waals surface area contributed by atoms with Gasteiger partial charge in [-0.1, -0.05) is 54.6 Å². The average molecular weight is 332 g/mol. The highest BCUT2D eigenvalue weighted by Gasteiger charge is 2.27. The number of ketones is 1. The molecule has 1 N–H and O–H groups in total. The van der Waals surface area contributed by atoms with Crippen LogP contribution in [0.3, 0.4) is 0 Å². The monoisotopic (exact) mass is 332 g/mol. The van der Waals surface area contributed by atoms with Gasteiger partial charge in [0.2, 0.25) is 5.13 Å². The Morgan fingerprint density at radius 1 is 1.00 bits per heavy atom. The van der Waals surface area contributed by atoms with E-state index in [2.05, 4.69) is 9.98 Å². The zero-order valence-corrected chi connectivity index (χ0v) is 13.3. The SMILES string of the molecule is O=C1C(/C=N/c2nc(-c3ccccc3)cs2)=C(O)c2ccccc21. The molecule has 24 heavy (non-hydrogen) atoms. The van der Waals surface area contributed by atoms with E-state index in [-0.39, 0.29) is 17.1 Å². The lowest BCUT2D eigenvalue weighted by Gasteiger charge is -1.95. The Balaban J connectivity index is 1.62. The van der Waals surface area contributed by atoms with Crippen LogP contribution < -0.4 is 0 Å². The summed E-state index contributed by atoms with van der Waals surface area (Å²) in [5.74, 6) is -0.245. The van der Waals surface area contributed by atoms with Crippen molar-refractivity contribution in [3.63, 3.8) is 0 Å². The molecule has 0 unspecified atom stereocenters. The first-order valence-corrected chi connectivity index (χ1v) is 8.24. The summed E-state index contributed by atoms with van der Waals surface area (Å²) in [5.41, 5.74) is 3.11. The fourth-order valence-corrected chi connectivity index (χ4v) is 3.26. The van der Waals surface area contributed by atoms with Crippen LogP contribution in [0.4, 0.5) is 5.13 Å². The first-order chi connectivity index (χ1) is 11.7. The summed E-state index contributed by atoms with van der Waals surface area (Å²) in [6.45, 7) is 0. The molecule has 1 aliphatic rings. The van der Waals surface area contributed by atoms with Crippen molar-refractivity contribution in [1.29, 1.82) is 0 Å². The third-order valence-corrected chi connectivity index (χ3v) is 4.54. The lowest BCUT2D eigenvalue weighted by Crippen LogP contribution is -1.99. The fraction of sp³-hybridized carbons (Fsp3) is 0. The van der Waals surface area contributed by atoms with Crippen molar-refractivity contribution in [2.75, 3.05) is 0 Å². The third kappa shape index (κ3) is 2.45. The molecule has 116 valence electrons.